The Labute approximate surface area is 134 Å². The Morgan fingerprint density at radius 2 is 2.17 bits per heavy atom. The molecule has 0 radical (unpaired) electrons. The lowest BCUT2D eigenvalue weighted by atomic mass is 10.3. The number of hydrogen-bond donors (Lipinski definition) is 1. The van der Waals surface area contributed by atoms with E-state index in [-0.39, 0.29) is 18.0 Å². The molecule has 9 heteroatoms. The fourth-order valence-electron chi connectivity index (χ4n) is 2.49. The topological polar surface area (TPSA) is 103 Å². The number of ether oxygens (including phenoxy) is 1. The number of carbonyl (C=O) groups excluding carboxylic acids is 1. The zero-order valence-corrected chi connectivity index (χ0v) is 13.4. The number of nitro groups is 1. The Hall–Kier alpha value is -2.00. The molecule has 0 spiro atoms. The molecule has 1 aromatic heterocycles. The van der Waals surface area contributed by atoms with Crippen LogP contribution >= 0.6 is 0 Å². The minimum absolute atomic E-state index is 0.0177. The van der Waals surface area contributed by atoms with E-state index in [9.17, 15) is 14.9 Å². The van der Waals surface area contributed by atoms with E-state index >= 15 is 0 Å². The van der Waals surface area contributed by atoms with Crippen LogP contribution < -0.4 is 5.32 Å². The number of nitrogens with one attached hydrogen (secondary N) is 1. The largest absolute Gasteiger partial charge is 0.379 e. The minimum atomic E-state index is -0.468. The lowest BCUT2D eigenvalue weighted by molar-refractivity contribution is -0.385. The van der Waals surface area contributed by atoms with Crippen LogP contribution in [-0.4, -0.2) is 64.9 Å². The maximum absolute atomic E-state index is 11.8. The second kappa shape index (κ2) is 8.59. The standard InChI is InChI=1S/C14H23N5O4/c1-12-13(19(21)22)11-16-18(12)6-3-14(20)15-4-2-5-17-7-9-23-10-8-17/h11H,2-10H2,1H3,(H,15,20). The summed E-state index contributed by atoms with van der Waals surface area (Å²) in [6.07, 6.45) is 2.38. The molecule has 0 aliphatic carbocycles. The van der Waals surface area contributed by atoms with Crippen molar-refractivity contribution >= 4 is 11.6 Å². The van der Waals surface area contributed by atoms with Crippen LogP contribution in [-0.2, 0) is 16.1 Å². The van der Waals surface area contributed by atoms with E-state index in [1.807, 2.05) is 0 Å². The molecule has 1 aliphatic heterocycles. The SMILES string of the molecule is Cc1c([N+](=O)[O-])cnn1CCC(=O)NCCCN1CCOCC1. The Bertz CT molecular complexity index is 539. The van der Waals surface area contributed by atoms with Gasteiger partial charge in [0.25, 0.3) is 0 Å². The van der Waals surface area contributed by atoms with Gasteiger partial charge in [-0.05, 0) is 19.9 Å². The van der Waals surface area contributed by atoms with E-state index < -0.39 is 4.92 Å². The highest BCUT2D eigenvalue weighted by molar-refractivity contribution is 5.75. The lowest BCUT2D eigenvalue weighted by Crippen LogP contribution is -2.38. The van der Waals surface area contributed by atoms with Gasteiger partial charge in [-0.2, -0.15) is 5.10 Å². The minimum Gasteiger partial charge on any atom is -0.379 e. The molecule has 1 amide bonds. The van der Waals surface area contributed by atoms with Gasteiger partial charge in [0.1, 0.15) is 11.9 Å². The maximum atomic E-state index is 11.8. The smallest absolute Gasteiger partial charge is 0.309 e. The van der Waals surface area contributed by atoms with Crippen molar-refractivity contribution < 1.29 is 14.5 Å². The van der Waals surface area contributed by atoms with Crippen molar-refractivity contribution in [3.8, 4) is 0 Å². The highest BCUT2D eigenvalue weighted by Gasteiger charge is 2.16. The molecule has 0 unspecified atom stereocenters. The van der Waals surface area contributed by atoms with Crippen LogP contribution in [0.25, 0.3) is 0 Å². The van der Waals surface area contributed by atoms with Gasteiger partial charge in [-0.3, -0.25) is 24.5 Å². The fraction of sp³-hybridized carbons (Fsp3) is 0.714. The molecular formula is C14H23N5O4. The van der Waals surface area contributed by atoms with Crippen LogP contribution in [0.1, 0.15) is 18.5 Å². The molecule has 1 saturated heterocycles. The molecule has 23 heavy (non-hydrogen) atoms. The number of amides is 1. The van der Waals surface area contributed by atoms with Crippen LogP contribution in [0, 0.1) is 17.0 Å². The number of rotatable bonds is 8. The summed E-state index contributed by atoms with van der Waals surface area (Å²) in [7, 11) is 0. The Kier molecular flexibility index (Phi) is 6.48. The van der Waals surface area contributed by atoms with Crippen molar-refractivity contribution in [2.75, 3.05) is 39.4 Å². The van der Waals surface area contributed by atoms with Crippen molar-refractivity contribution in [1.29, 1.82) is 0 Å². The second-order valence-corrected chi connectivity index (χ2v) is 5.50. The maximum Gasteiger partial charge on any atom is 0.309 e. The van der Waals surface area contributed by atoms with Gasteiger partial charge in [-0.25, -0.2) is 0 Å². The first-order chi connectivity index (χ1) is 11.1. The van der Waals surface area contributed by atoms with Gasteiger partial charge in [0, 0.05) is 26.1 Å². The van der Waals surface area contributed by atoms with Crippen LogP contribution in [0.5, 0.6) is 0 Å². The summed E-state index contributed by atoms with van der Waals surface area (Å²) in [5.41, 5.74) is 0.450. The fourth-order valence-corrected chi connectivity index (χ4v) is 2.49. The second-order valence-electron chi connectivity index (χ2n) is 5.50. The first-order valence-electron chi connectivity index (χ1n) is 7.81. The van der Waals surface area contributed by atoms with Crippen LogP contribution in [0.3, 0.4) is 0 Å². The first kappa shape index (κ1) is 17.4. The zero-order valence-electron chi connectivity index (χ0n) is 13.4. The molecule has 2 heterocycles. The summed E-state index contributed by atoms with van der Waals surface area (Å²) in [4.78, 5) is 24.4. The highest BCUT2D eigenvalue weighted by atomic mass is 16.6. The van der Waals surface area contributed by atoms with E-state index in [1.54, 1.807) is 6.92 Å². The van der Waals surface area contributed by atoms with E-state index in [1.165, 1.54) is 10.9 Å². The summed E-state index contributed by atoms with van der Waals surface area (Å²) in [5.74, 6) is -0.0652. The molecular weight excluding hydrogens is 302 g/mol. The molecule has 0 saturated carbocycles. The third kappa shape index (κ3) is 5.29. The lowest BCUT2D eigenvalue weighted by Gasteiger charge is -2.26. The predicted octanol–water partition coefficient (Wildman–Crippen LogP) is 0.328. The van der Waals surface area contributed by atoms with Gasteiger partial charge in [0.05, 0.1) is 24.7 Å². The van der Waals surface area contributed by atoms with Crippen LogP contribution in [0.4, 0.5) is 5.69 Å². The molecule has 9 nitrogen and oxygen atoms in total. The Balaban J connectivity index is 1.62. The number of aryl methyl sites for hydroxylation is 1. The normalized spacial score (nSPS) is 15.5. The molecule has 0 aromatic carbocycles. The van der Waals surface area contributed by atoms with Crippen molar-refractivity contribution in [1.82, 2.24) is 20.0 Å². The van der Waals surface area contributed by atoms with Gasteiger partial charge < -0.3 is 10.1 Å². The highest BCUT2D eigenvalue weighted by Crippen LogP contribution is 2.16. The Morgan fingerprint density at radius 1 is 1.43 bits per heavy atom. The van der Waals surface area contributed by atoms with Crippen LogP contribution in [0.2, 0.25) is 0 Å². The molecule has 1 N–H and O–H groups in total. The first-order valence-corrected chi connectivity index (χ1v) is 7.81. The summed E-state index contributed by atoms with van der Waals surface area (Å²) in [6, 6.07) is 0. The van der Waals surface area contributed by atoms with Crippen molar-refractivity contribution in [2.24, 2.45) is 0 Å². The average molecular weight is 325 g/mol. The number of aromatic nitrogens is 2. The summed E-state index contributed by atoms with van der Waals surface area (Å²) in [5, 5.41) is 17.6. The molecule has 2 rings (SSSR count). The van der Waals surface area contributed by atoms with E-state index in [4.69, 9.17) is 4.74 Å². The number of carbonyl (C=O) groups is 1. The van der Waals surface area contributed by atoms with E-state index in [2.05, 4.69) is 15.3 Å². The molecule has 1 aromatic rings. The van der Waals surface area contributed by atoms with Gasteiger partial charge in [0.15, 0.2) is 0 Å². The van der Waals surface area contributed by atoms with Crippen molar-refractivity contribution in [2.45, 2.75) is 26.3 Å². The van der Waals surface area contributed by atoms with Crippen LogP contribution in [0.15, 0.2) is 6.20 Å². The summed E-state index contributed by atoms with van der Waals surface area (Å²) >= 11 is 0. The van der Waals surface area contributed by atoms with Crippen molar-refractivity contribution in [3.63, 3.8) is 0 Å². The monoisotopic (exact) mass is 325 g/mol. The van der Waals surface area contributed by atoms with E-state index in [0.29, 0.717) is 18.8 Å². The summed E-state index contributed by atoms with van der Waals surface area (Å²) < 4.78 is 6.77. The quantitative estimate of drug-likeness (QED) is 0.420. The average Bonchev–Trinajstić information content (AvgIpc) is 2.91. The van der Waals surface area contributed by atoms with Gasteiger partial charge >= 0.3 is 5.69 Å². The van der Waals surface area contributed by atoms with Gasteiger partial charge in [-0.1, -0.05) is 0 Å². The van der Waals surface area contributed by atoms with Gasteiger partial charge in [-0.15, -0.1) is 0 Å². The molecule has 128 valence electrons. The third-order valence-corrected chi connectivity index (χ3v) is 3.90. The van der Waals surface area contributed by atoms with Gasteiger partial charge in [0.2, 0.25) is 5.91 Å². The predicted molar refractivity (Wildman–Crippen MR) is 83.1 cm³/mol. The summed E-state index contributed by atoms with van der Waals surface area (Å²) in [6.45, 7) is 7.02. The molecule has 0 atom stereocenters. The number of hydrogen-bond acceptors (Lipinski definition) is 6. The molecule has 1 aliphatic rings. The van der Waals surface area contributed by atoms with E-state index in [0.717, 1.165) is 39.3 Å². The van der Waals surface area contributed by atoms with Crippen molar-refractivity contribution in [3.05, 3.63) is 22.0 Å². The molecule has 0 bridgehead atoms. The zero-order chi connectivity index (χ0) is 16.7. The third-order valence-electron chi connectivity index (χ3n) is 3.90. The number of nitrogens with zero attached hydrogens (tertiary/aromatic N) is 4. The molecule has 1 fully saturated rings. The number of morpholine rings is 1. The Morgan fingerprint density at radius 3 is 2.83 bits per heavy atom.